The topological polar surface area (TPSA) is 55.2 Å². The van der Waals surface area contributed by atoms with E-state index in [0.717, 1.165) is 11.0 Å². The van der Waals surface area contributed by atoms with E-state index in [0.29, 0.717) is 13.0 Å². The standard InChI is InChI=1S/C14H11ClFN3O2/c15-9-2-3-10(16)12-11(9)13(20)14(21)19(12)6-1-5-18-7-4-17-8-18/h2-4,7-8H,1,5-6H2. The third-order valence-corrected chi connectivity index (χ3v) is 3.69. The Balaban J connectivity index is 1.82. The highest BCUT2D eigenvalue weighted by Crippen LogP contribution is 2.36. The molecule has 0 N–H and O–H groups in total. The molecule has 7 heteroatoms. The molecule has 2 aromatic rings. The van der Waals surface area contributed by atoms with Gasteiger partial charge in [0.1, 0.15) is 5.82 Å². The number of ketones is 1. The van der Waals surface area contributed by atoms with Crippen LogP contribution in [0.2, 0.25) is 5.02 Å². The van der Waals surface area contributed by atoms with Crippen molar-refractivity contribution < 1.29 is 14.0 Å². The number of imidazole rings is 1. The van der Waals surface area contributed by atoms with Crippen molar-refractivity contribution in [2.45, 2.75) is 13.0 Å². The molecule has 0 aliphatic carbocycles. The molecule has 0 atom stereocenters. The summed E-state index contributed by atoms with van der Waals surface area (Å²) in [6.07, 6.45) is 5.67. The van der Waals surface area contributed by atoms with Gasteiger partial charge in [-0.2, -0.15) is 0 Å². The zero-order chi connectivity index (χ0) is 15.0. The van der Waals surface area contributed by atoms with Crippen molar-refractivity contribution >= 4 is 29.0 Å². The van der Waals surface area contributed by atoms with E-state index < -0.39 is 17.5 Å². The third-order valence-electron chi connectivity index (χ3n) is 3.37. The summed E-state index contributed by atoms with van der Waals surface area (Å²) in [5.41, 5.74) is -0.0487. The zero-order valence-electron chi connectivity index (χ0n) is 10.9. The van der Waals surface area contributed by atoms with Crippen molar-refractivity contribution in [2.75, 3.05) is 11.4 Å². The van der Waals surface area contributed by atoms with Crippen molar-refractivity contribution in [3.63, 3.8) is 0 Å². The van der Waals surface area contributed by atoms with Crippen LogP contribution in [0.1, 0.15) is 16.8 Å². The predicted octanol–water partition coefficient (Wildman–Crippen LogP) is 2.30. The number of nitrogens with zero attached hydrogens (tertiary/aromatic N) is 3. The van der Waals surface area contributed by atoms with E-state index in [1.165, 1.54) is 6.07 Å². The van der Waals surface area contributed by atoms with Gasteiger partial charge < -0.3 is 9.47 Å². The van der Waals surface area contributed by atoms with Crippen LogP contribution in [0.25, 0.3) is 0 Å². The number of amides is 1. The minimum absolute atomic E-state index is 0.0110. The Labute approximate surface area is 124 Å². The molecule has 1 aliphatic heterocycles. The Morgan fingerprint density at radius 2 is 2.05 bits per heavy atom. The van der Waals surface area contributed by atoms with Gasteiger partial charge in [0.25, 0.3) is 11.7 Å². The predicted molar refractivity (Wildman–Crippen MR) is 74.9 cm³/mol. The van der Waals surface area contributed by atoms with Gasteiger partial charge >= 0.3 is 0 Å². The molecule has 0 saturated carbocycles. The second-order valence-electron chi connectivity index (χ2n) is 4.69. The molecule has 1 aliphatic rings. The van der Waals surface area contributed by atoms with Gasteiger partial charge in [-0.15, -0.1) is 0 Å². The van der Waals surface area contributed by atoms with Crippen molar-refractivity contribution in [1.29, 1.82) is 0 Å². The second kappa shape index (κ2) is 5.29. The fraction of sp³-hybridized carbons (Fsp3) is 0.214. The molecular formula is C14H11ClFN3O2. The summed E-state index contributed by atoms with van der Waals surface area (Å²) in [6.45, 7) is 0.864. The van der Waals surface area contributed by atoms with Crippen molar-refractivity contribution in [2.24, 2.45) is 0 Å². The summed E-state index contributed by atoms with van der Waals surface area (Å²) in [5, 5.41) is 0.0989. The monoisotopic (exact) mass is 307 g/mol. The van der Waals surface area contributed by atoms with E-state index in [2.05, 4.69) is 4.98 Å². The largest absolute Gasteiger partial charge is 0.337 e. The fourth-order valence-electron chi connectivity index (χ4n) is 2.40. The summed E-state index contributed by atoms with van der Waals surface area (Å²) in [7, 11) is 0. The third kappa shape index (κ3) is 2.31. The number of fused-ring (bicyclic) bond motifs is 1. The molecule has 3 rings (SSSR count). The van der Waals surface area contributed by atoms with Gasteiger partial charge in [0, 0.05) is 25.5 Å². The molecular weight excluding hydrogens is 297 g/mol. The highest BCUT2D eigenvalue weighted by molar-refractivity contribution is 6.55. The number of aromatic nitrogens is 2. The Kier molecular flexibility index (Phi) is 3.47. The van der Waals surface area contributed by atoms with Crippen LogP contribution in [-0.2, 0) is 11.3 Å². The first-order valence-electron chi connectivity index (χ1n) is 6.39. The number of carbonyl (C=O) groups is 2. The Morgan fingerprint density at radius 1 is 1.24 bits per heavy atom. The lowest BCUT2D eigenvalue weighted by Gasteiger charge is -2.17. The van der Waals surface area contributed by atoms with Crippen LogP contribution in [0.5, 0.6) is 0 Å². The lowest BCUT2D eigenvalue weighted by molar-refractivity contribution is -0.114. The Morgan fingerprint density at radius 3 is 2.76 bits per heavy atom. The van der Waals surface area contributed by atoms with Crippen molar-refractivity contribution in [1.82, 2.24) is 9.55 Å². The van der Waals surface area contributed by atoms with Gasteiger partial charge in [0.2, 0.25) is 0 Å². The molecule has 0 saturated heterocycles. The normalized spacial score (nSPS) is 13.9. The number of Topliss-reactive ketones (excluding diaryl/α,β-unsaturated/α-hetero) is 1. The second-order valence-corrected chi connectivity index (χ2v) is 5.10. The van der Waals surface area contributed by atoms with E-state index >= 15 is 0 Å². The molecule has 1 amide bonds. The summed E-state index contributed by atoms with van der Waals surface area (Å²) < 4.78 is 15.8. The van der Waals surface area contributed by atoms with E-state index in [1.54, 1.807) is 18.7 Å². The van der Waals surface area contributed by atoms with E-state index in [1.807, 2.05) is 4.57 Å². The van der Waals surface area contributed by atoms with Gasteiger partial charge in [0.05, 0.1) is 22.6 Å². The maximum atomic E-state index is 13.9. The van der Waals surface area contributed by atoms with Gasteiger partial charge in [-0.3, -0.25) is 9.59 Å². The number of hydrogen-bond donors (Lipinski definition) is 0. The molecule has 1 aromatic heterocycles. The van der Waals surface area contributed by atoms with E-state index in [-0.39, 0.29) is 22.8 Å². The first-order chi connectivity index (χ1) is 10.1. The molecule has 0 unspecified atom stereocenters. The average Bonchev–Trinajstić information content (AvgIpc) is 3.06. The fourth-order valence-corrected chi connectivity index (χ4v) is 2.63. The average molecular weight is 308 g/mol. The van der Waals surface area contributed by atoms with Gasteiger partial charge in [0.15, 0.2) is 0 Å². The molecule has 2 heterocycles. The highest BCUT2D eigenvalue weighted by Gasteiger charge is 2.39. The zero-order valence-corrected chi connectivity index (χ0v) is 11.7. The smallest absolute Gasteiger partial charge is 0.299 e. The SMILES string of the molecule is O=C1C(=O)N(CCCn2ccnc2)c2c(F)ccc(Cl)c21. The van der Waals surface area contributed by atoms with Gasteiger partial charge in [-0.05, 0) is 18.6 Å². The van der Waals surface area contributed by atoms with Gasteiger partial charge in [-0.25, -0.2) is 9.37 Å². The molecule has 0 fully saturated rings. The molecule has 0 radical (unpaired) electrons. The number of hydrogen-bond acceptors (Lipinski definition) is 3. The van der Waals surface area contributed by atoms with Gasteiger partial charge in [-0.1, -0.05) is 11.6 Å². The maximum Gasteiger partial charge on any atom is 0.299 e. The first kappa shape index (κ1) is 13.8. The lowest BCUT2D eigenvalue weighted by atomic mass is 10.1. The van der Waals surface area contributed by atoms with Crippen LogP contribution in [-0.4, -0.2) is 27.8 Å². The minimum atomic E-state index is -0.753. The molecule has 5 nitrogen and oxygen atoms in total. The van der Waals surface area contributed by atoms with Crippen LogP contribution >= 0.6 is 11.6 Å². The highest BCUT2D eigenvalue weighted by atomic mass is 35.5. The van der Waals surface area contributed by atoms with Crippen LogP contribution in [0.4, 0.5) is 10.1 Å². The van der Waals surface area contributed by atoms with Crippen LogP contribution in [0.15, 0.2) is 30.9 Å². The number of anilines is 1. The quantitative estimate of drug-likeness (QED) is 0.814. The van der Waals surface area contributed by atoms with Crippen molar-refractivity contribution in [3.05, 3.63) is 47.3 Å². The minimum Gasteiger partial charge on any atom is -0.337 e. The Hall–Kier alpha value is -2.21. The van der Waals surface area contributed by atoms with E-state index in [9.17, 15) is 14.0 Å². The summed E-state index contributed by atoms with van der Waals surface area (Å²) in [5.74, 6) is -2.10. The van der Waals surface area contributed by atoms with Crippen LogP contribution < -0.4 is 4.90 Å². The van der Waals surface area contributed by atoms with Crippen LogP contribution in [0.3, 0.4) is 0 Å². The number of benzene rings is 1. The molecule has 21 heavy (non-hydrogen) atoms. The summed E-state index contributed by atoms with van der Waals surface area (Å²) >= 11 is 5.90. The number of carbonyl (C=O) groups excluding carboxylic acids is 2. The summed E-state index contributed by atoms with van der Waals surface area (Å²) in [6, 6.07) is 2.45. The molecule has 0 bridgehead atoms. The van der Waals surface area contributed by atoms with Crippen LogP contribution in [0, 0.1) is 5.82 Å². The maximum absolute atomic E-state index is 13.9. The van der Waals surface area contributed by atoms with Crippen molar-refractivity contribution in [3.8, 4) is 0 Å². The molecule has 108 valence electrons. The first-order valence-corrected chi connectivity index (χ1v) is 6.77. The number of halogens is 2. The molecule has 1 aromatic carbocycles. The lowest BCUT2D eigenvalue weighted by Crippen LogP contribution is -2.31. The number of aryl methyl sites for hydroxylation is 1. The molecule has 0 spiro atoms. The number of rotatable bonds is 4. The summed E-state index contributed by atoms with van der Waals surface area (Å²) in [4.78, 5) is 29.0. The Bertz CT molecular complexity index is 715. The van der Waals surface area contributed by atoms with E-state index in [4.69, 9.17) is 11.6 Å².